The number of rotatable bonds is 4. The van der Waals surface area contributed by atoms with Gasteiger partial charge in [0, 0.05) is 27.5 Å². The zero-order valence-electron chi connectivity index (χ0n) is 21.0. The van der Waals surface area contributed by atoms with Gasteiger partial charge in [0.25, 0.3) is 0 Å². The Morgan fingerprint density at radius 1 is 0.564 bits per heavy atom. The molecule has 6 aromatic carbocycles. The van der Waals surface area contributed by atoms with E-state index in [0.29, 0.717) is 0 Å². The van der Waals surface area contributed by atoms with Crippen LogP contribution in [0.25, 0.3) is 49.9 Å². The summed E-state index contributed by atoms with van der Waals surface area (Å²) in [4.78, 5) is 2.36. The summed E-state index contributed by atoms with van der Waals surface area (Å²) in [6.07, 6.45) is 1.65. The van der Waals surface area contributed by atoms with Crippen molar-refractivity contribution in [2.45, 2.75) is 0 Å². The van der Waals surface area contributed by atoms with E-state index < -0.39 is 0 Å². The van der Waals surface area contributed by atoms with Gasteiger partial charge in [0.1, 0.15) is 17.7 Å². The molecule has 39 heavy (non-hydrogen) atoms. The molecule has 0 bridgehead atoms. The maximum absolute atomic E-state index is 9.29. The molecule has 0 fully saturated rings. The van der Waals surface area contributed by atoms with Gasteiger partial charge >= 0.3 is 0 Å². The Kier molecular flexibility index (Phi) is 5.22. The van der Waals surface area contributed by atoms with Crippen LogP contribution >= 0.6 is 0 Å². The summed E-state index contributed by atoms with van der Waals surface area (Å²) < 4.78 is 0. The van der Waals surface area contributed by atoms with E-state index in [1.54, 1.807) is 6.08 Å². The molecule has 3 heteroatoms. The van der Waals surface area contributed by atoms with E-state index in [9.17, 15) is 10.5 Å². The number of anilines is 3. The Morgan fingerprint density at radius 3 is 1.85 bits per heavy atom. The van der Waals surface area contributed by atoms with Crippen LogP contribution in [0, 0.1) is 22.7 Å². The fourth-order valence-corrected chi connectivity index (χ4v) is 5.86. The summed E-state index contributed by atoms with van der Waals surface area (Å²) in [6, 6.07) is 46.4. The first-order valence-electron chi connectivity index (χ1n) is 12.8. The molecule has 7 rings (SSSR count). The van der Waals surface area contributed by atoms with E-state index in [4.69, 9.17) is 0 Å². The molecule has 6 aromatic rings. The monoisotopic (exact) mass is 495 g/mol. The highest BCUT2D eigenvalue weighted by Crippen LogP contribution is 2.55. The van der Waals surface area contributed by atoms with Gasteiger partial charge in [-0.05, 0) is 69.6 Å². The van der Waals surface area contributed by atoms with Crippen molar-refractivity contribution in [1.82, 2.24) is 0 Å². The van der Waals surface area contributed by atoms with E-state index in [2.05, 4.69) is 108 Å². The predicted octanol–water partition coefficient (Wildman–Crippen LogP) is 9.54. The highest BCUT2D eigenvalue weighted by atomic mass is 15.1. The van der Waals surface area contributed by atoms with Crippen LogP contribution in [0.4, 0.5) is 17.1 Å². The predicted molar refractivity (Wildman–Crippen MR) is 160 cm³/mol. The number of nitrogens with zero attached hydrogens (tertiary/aromatic N) is 3. The minimum atomic E-state index is 0.0952. The number of fused-ring (bicyclic) bond motifs is 5. The zero-order chi connectivity index (χ0) is 26.3. The Labute approximate surface area is 226 Å². The van der Waals surface area contributed by atoms with Crippen molar-refractivity contribution < 1.29 is 0 Å². The largest absolute Gasteiger partial charge is 0.309 e. The summed E-state index contributed by atoms with van der Waals surface area (Å²) >= 11 is 0. The van der Waals surface area contributed by atoms with Gasteiger partial charge in [0.2, 0.25) is 0 Å². The minimum absolute atomic E-state index is 0.0952. The van der Waals surface area contributed by atoms with E-state index in [0.717, 1.165) is 33.8 Å². The second-order valence-corrected chi connectivity index (χ2v) is 9.59. The van der Waals surface area contributed by atoms with E-state index in [1.165, 1.54) is 32.7 Å². The van der Waals surface area contributed by atoms with E-state index in [-0.39, 0.29) is 5.57 Å². The van der Waals surface area contributed by atoms with Crippen LogP contribution in [-0.2, 0) is 0 Å². The average molecular weight is 496 g/mol. The second-order valence-electron chi connectivity index (χ2n) is 9.59. The molecule has 0 unspecified atom stereocenters. The molecular weight excluding hydrogens is 474 g/mol. The lowest BCUT2D eigenvalue weighted by molar-refractivity contribution is 1.31. The molecule has 1 aliphatic carbocycles. The molecular formula is C36H21N3. The summed E-state index contributed by atoms with van der Waals surface area (Å²) in [7, 11) is 0. The molecule has 0 saturated heterocycles. The summed E-state index contributed by atoms with van der Waals surface area (Å²) in [6.45, 7) is 0. The van der Waals surface area contributed by atoms with Gasteiger partial charge in [-0.3, -0.25) is 0 Å². The fraction of sp³-hybridized carbons (Fsp3) is 0. The molecule has 0 spiro atoms. The van der Waals surface area contributed by atoms with Crippen molar-refractivity contribution in [2.24, 2.45) is 0 Å². The van der Waals surface area contributed by atoms with Gasteiger partial charge in [-0.1, -0.05) is 91.0 Å². The molecule has 0 aromatic heterocycles. The highest BCUT2D eigenvalue weighted by Gasteiger charge is 2.28. The number of para-hydroxylation sites is 2. The smallest absolute Gasteiger partial charge is 0.130 e. The lowest BCUT2D eigenvalue weighted by Gasteiger charge is -2.29. The topological polar surface area (TPSA) is 50.8 Å². The number of hydrogen-bond acceptors (Lipinski definition) is 3. The van der Waals surface area contributed by atoms with Crippen LogP contribution in [0.15, 0.2) is 127 Å². The van der Waals surface area contributed by atoms with Gasteiger partial charge in [0.05, 0.1) is 5.69 Å². The van der Waals surface area contributed by atoms with Crippen molar-refractivity contribution in [3.05, 3.63) is 132 Å². The van der Waals surface area contributed by atoms with Crippen LogP contribution in [0.2, 0.25) is 0 Å². The highest BCUT2D eigenvalue weighted by molar-refractivity contribution is 6.29. The van der Waals surface area contributed by atoms with Crippen molar-refractivity contribution in [1.29, 1.82) is 10.5 Å². The average Bonchev–Trinajstić information content (AvgIpc) is 3.33. The molecule has 0 amide bonds. The number of allylic oxidation sites excluding steroid dienone is 1. The van der Waals surface area contributed by atoms with Crippen LogP contribution in [0.1, 0.15) is 5.56 Å². The van der Waals surface area contributed by atoms with E-state index >= 15 is 0 Å². The quantitative estimate of drug-likeness (QED) is 0.180. The van der Waals surface area contributed by atoms with Crippen LogP contribution in [-0.4, -0.2) is 0 Å². The number of nitriles is 2. The Morgan fingerprint density at radius 2 is 1.18 bits per heavy atom. The van der Waals surface area contributed by atoms with Crippen molar-refractivity contribution in [3.63, 3.8) is 0 Å². The van der Waals surface area contributed by atoms with Crippen molar-refractivity contribution in [2.75, 3.05) is 4.90 Å². The lowest BCUT2D eigenvalue weighted by atomic mass is 9.92. The Hall–Kier alpha value is -5.64. The SMILES string of the molecule is N#CC(C#N)=Cc1ccc2c(c1)-c1cccc3c(N(c4ccccc4)c4ccccc4)c4ccccc4c-2c13. The molecule has 0 aliphatic heterocycles. The fourth-order valence-electron chi connectivity index (χ4n) is 5.86. The first-order chi connectivity index (χ1) is 19.3. The molecule has 3 nitrogen and oxygen atoms in total. The third-order valence-electron chi connectivity index (χ3n) is 7.43. The van der Waals surface area contributed by atoms with Gasteiger partial charge in [0.15, 0.2) is 0 Å². The van der Waals surface area contributed by atoms with Gasteiger partial charge in [-0.25, -0.2) is 0 Å². The molecule has 0 radical (unpaired) electrons. The van der Waals surface area contributed by atoms with Gasteiger partial charge in [-0.15, -0.1) is 0 Å². The molecule has 180 valence electrons. The third kappa shape index (κ3) is 3.50. The molecule has 0 heterocycles. The molecule has 0 saturated carbocycles. The number of hydrogen-bond donors (Lipinski definition) is 0. The zero-order valence-corrected chi connectivity index (χ0v) is 21.0. The maximum atomic E-state index is 9.29. The first-order valence-corrected chi connectivity index (χ1v) is 12.8. The van der Waals surface area contributed by atoms with Crippen LogP contribution in [0.3, 0.4) is 0 Å². The summed E-state index contributed by atoms with van der Waals surface area (Å²) in [5.74, 6) is 0. The van der Waals surface area contributed by atoms with Crippen molar-refractivity contribution >= 4 is 44.7 Å². The van der Waals surface area contributed by atoms with Crippen LogP contribution < -0.4 is 4.90 Å². The standard InChI is InChI=1S/C36H21N3/c37-22-25(23-38)20-24-18-19-30-33(21-24)29-16-9-17-32-35(29)34(30)28-14-7-8-15-31(28)36(32)39(26-10-3-1-4-11-26)27-12-5-2-6-13-27/h1-21H. The van der Waals surface area contributed by atoms with Gasteiger partial charge in [-0.2, -0.15) is 10.5 Å². The normalized spacial score (nSPS) is 11.0. The van der Waals surface area contributed by atoms with Crippen molar-refractivity contribution in [3.8, 4) is 34.4 Å². The Balaban J connectivity index is 1.59. The minimum Gasteiger partial charge on any atom is -0.309 e. The molecule has 0 N–H and O–H groups in total. The first kappa shape index (κ1) is 22.5. The summed E-state index contributed by atoms with van der Waals surface area (Å²) in [5.41, 5.74) is 8.96. The summed E-state index contributed by atoms with van der Waals surface area (Å²) in [5, 5.41) is 23.4. The second kappa shape index (κ2) is 9.03. The Bertz CT molecular complexity index is 1970. The number of benzene rings is 6. The third-order valence-corrected chi connectivity index (χ3v) is 7.43. The molecule has 1 aliphatic rings. The maximum Gasteiger partial charge on any atom is 0.130 e. The van der Waals surface area contributed by atoms with E-state index in [1.807, 2.05) is 30.3 Å². The van der Waals surface area contributed by atoms with Gasteiger partial charge < -0.3 is 4.90 Å². The lowest BCUT2D eigenvalue weighted by Crippen LogP contribution is -2.11. The van der Waals surface area contributed by atoms with Crippen LogP contribution in [0.5, 0.6) is 0 Å². The molecule has 0 atom stereocenters.